The summed E-state index contributed by atoms with van der Waals surface area (Å²) in [7, 11) is 0. The normalized spacial score (nSPS) is 12.0. The summed E-state index contributed by atoms with van der Waals surface area (Å²) >= 11 is 12.1. The van der Waals surface area contributed by atoms with Crippen LogP contribution in [0, 0.1) is 6.92 Å². The zero-order valence-corrected chi connectivity index (χ0v) is 15.4. The molecule has 0 bridgehead atoms. The van der Waals surface area contributed by atoms with Gasteiger partial charge in [-0.25, -0.2) is 9.78 Å². The van der Waals surface area contributed by atoms with Crippen LogP contribution in [-0.4, -0.2) is 22.1 Å². The van der Waals surface area contributed by atoms with Gasteiger partial charge in [-0.1, -0.05) is 29.3 Å². The molecule has 0 atom stereocenters. The summed E-state index contributed by atoms with van der Waals surface area (Å²) in [5.41, 5.74) is 0.0601. The van der Waals surface area contributed by atoms with Crippen LogP contribution in [0.25, 0.3) is 6.08 Å². The maximum Gasteiger partial charge on any atom is 0.416 e. The van der Waals surface area contributed by atoms with Crippen LogP contribution in [0.3, 0.4) is 0 Å². The van der Waals surface area contributed by atoms with E-state index < -0.39 is 17.7 Å². The molecule has 0 aliphatic heterocycles. The summed E-state index contributed by atoms with van der Waals surface area (Å²) in [4.78, 5) is 15.6. The predicted octanol–water partition coefficient (Wildman–Crippen LogP) is 5.14. The molecule has 0 spiro atoms. The molecule has 2 rings (SSSR count). The minimum Gasteiger partial charge on any atom is -0.463 e. The number of imidazole rings is 1. The Labute approximate surface area is 158 Å². The van der Waals surface area contributed by atoms with E-state index in [1.54, 1.807) is 18.4 Å². The average Bonchev–Trinajstić information content (AvgIpc) is 2.80. The third-order valence-electron chi connectivity index (χ3n) is 3.53. The van der Waals surface area contributed by atoms with Crippen molar-refractivity contribution in [2.45, 2.75) is 26.6 Å². The summed E-state index contributed by atoms with van der Waals surface area (Å²) in [6.45, 7) is 3.74. The van der Waals surface area contributed by atoms with Crippen LogP contribution >= 0.6 is 23.2 Å². The van der Waals surface area contributed by atoms with Gasteiger partial charge in [0.1, 0.15) is 5.82 Å². The van der Waals surface area contributed by atoms with Gasteiger partial charge in [-0.05, 0) is 37.6 Å². The Morgan fingerprint density at radius 3 is 2.62 bits per heavy atom. The monoisotopic (exact) mass is 406 g/mol. The van der Waals surface area contributed by atoms with Crippen molar-refractivity contribution in [3.63, 3.8) is 0 Å². The molecule has 0 amide bonds. The molecule has 0 aliphatic carbocycles. The van der Waals surface area contributed by atoms with Crippen molar-refractivity contribution in [1.82, 2.24) is 9.55 Å². The second-order valence-electron chi connectivity index (χ2n) is 5.31. The van der Waals surface area contributed by atoms with Crippen LogP contribution in [0.15, 0.2) is 24.3 Å². The number of ether oxygens (including phenoxy) is 1. The number of carbonyl (C=O) groups is 1. The third kappa shape index (κ3) is 4.80. The molecule has 2 aromatic rings. The second kappa shape index (κ2) is 8.14. The van der Waals surface area contributed by atoms with Gasteiger partial charge in [0, 0.05) is 11.1 Å². The van der Waals surface area contributed by atoms with Gasteiger partial charge in [-0.2, -0.15) is 13.2 Å². The molecule has 0 saturated carbocycles. The Kier molecular flexibility index (Phi) is 6.36. The van der Waals surface area contributed by atoms with E-state index in [1.165, 1.54) is 18.2 Å². The van der Waals surface area contributed by atoms with Crippen molar-refractivity contribution in [2.75, 3.05) is 6.61 Å². The Hall–Kier alpha value is -1.99. The molecule has 140 valence electrons. The van der Waals surface area contributed by atoms with Crippen molar-refractivity contribution in [2.24, 2.45) is 0 Å². The number of alkyl halides is 3. The van der Waals surface area contributed by atoms with Gasteiger partial charge in [0.25, 0.3) is 0 Å². The van der Waals surface area contributed by atoms with Crippen molar-refractivity contribution in [1.29, 1.82) is 0 Å². The molecule has 0 unspecified atom stereocenters. The Morgan fingerprint density at radius 2 is 2.04 bits per heavy atom. The number of aromatic nitrogens is 2. The van der Waals surface area contributed by atoms with E-state index in [-0.39, 0.29) is 23.3 Å². The van der Waals surface area contributed by atoms with Gasteiger partial charge in [0.05, 0.1) is 24.4 Å². The number of esters is 1. The number of hydrogen-bond donors (Lipinski definition) is 0. The van der Waals surface area contributed by atoms with E-state index in [4.69, 9.17) is 27.9 Å². The Bertz CT molecular complexity index is 845. The van der Waals surface area contributed by atoms with E-state index in [0.717, 1.165) is 12.1 Å². The fourth-order valence-corrected chi connectivity index (χ4v) is 2.79. The molecule has 0 radical (unpaired) electrons. The van der Waals surface area contributed by atoms with Gasteiger partial charge < -0.3 is 9.30 Å². The van der Waals surface area contributed by atoms with Crippen molar-refractivity contribution in [3.05, 3.63) is 57.1 Å². The number of nitrogens with zero attached hydrogens (tertiary/aromatic N) is 2. The van der Waals surface area contributed by atoms with Gasteiger partial charge in [0.15, 0.2) is 5.15 Å². The highest BCUT2D eigenvalue weighted by molar-refractivity contribution is 6.31. The number of benzene rings is 1. The summed E-state index contributed by atoms with van der Waals surface area (Å²) in [6, 6.07) is 3.14. The van der Waals surface area contributed by atoms with Crippen LogP contribution in [0.5, 0.6) is 0 Å². The van der Waals surface area contributed by atoms with Gasteiger partial charge in [0.2, 0.25) is 0 Å². The summed E-state index contributed by atoms with van der Waals surface area (Å²) in [5, 5.41) is 0.135. The first-order valence-corrected chi connectivity index (χ1v) is 8.32. The van der Waals surface area contributed by atoms with Gasteiger partial charge in [-0.15, -0.1) is 0 Å². The lowest BCUT2D eigenvalue weighted by molar-refractivity contribution is -0.138. The molecule has 0 saturated heterocycles. The van der Waals surface area contributed by atoms with Crippen molar-refractivity contribution < 1.29 is 22.7 Å². The number of rotatable bonds is 5. The molecule has 26 heavy (non-hydrogen) atoms. The van der Waals surface area contributed by atoms with E-state index in [0.29, 0.717) is 17.1 Å². The lowest BCUT2D eigenvalue weighted by Crippen LogP contribution is -2.08. The first-order chi connectivity index (χ1) is 12.1. The molecular formula is C17H15Cl2F3N2O2. The smallest absolute Gasteiger partial charge is 0.416 e. The number of halogens is 5. The highest BCUT2D eigenvalue weighted by Crippen LogP contribution is 2.32. The number of hydrogen-bond acceptors (Lipinski definition) is 3. The second-order valence-corrected chi connectivity index (χ2v) is 6.08. The molecular weight excluding hydrogens is 392 g/mol. The molecule has 4 nitrogen and oxygen atoms in total. The van der Waals surface area contributed by atoms with Gasteiger partial charge in [-0.3, -0.25) is 0 Å². The molecule has 1 aromatic carbocycles. The van der Waals surface area contributed by atoms with Crippen molar-refractivity contribution in [3.8, 4) is 0 Å². The minimum absolute atomic E-state index is 0.0237. The maximum atomic E-state index is 12.8. The predicted molar refractivity (Wildman–Crippen MR) is 93.2 cm³/mol. The molecule has 0 fully saturated rings. The minimum atomic E-state index is -4.47. The van der Waals surface area contributed by atoms with Crippen LogP contribution < -0.4 is 0 Å². The lowest BCUT2D eigenvalue weighted by atomic mass is 10.1. The maximum absolute atomic E-state index is 12.8. The first kappa shape index (κ1) is 20.3. The van der Waals surface area contributed by atoms with Crippen LogP contribution in [0.4, 0.5) is 13.2 Å². The summed E-state index contributed by atoms with van der Waals surface area (Å²) < 4.78 is 44.7. The lowest BCUT2D eigenvalue weighted by Gasteiger charge is -2.12. The van der Waals surface area contributed by atoms with Gasteiger partial charge >= 0.3 is 12.1 Å². The van der Waals surface area contributed by atoms with Crippen LogP contribution in [-0.2, 0) is 22.3 Å². The quantitative estimate of drug-likeness (QED) is 0.509. The summed E-state index contributed by atoms with van der Waals surface area (Å²) in [5.74, 6) is -0.0176. The fraction of sp³-hybridized carbons (Fsp3) is 0.294. The topological polar surface area (TPSA) is 44.1 Å². The molecule has 0 aliphatic rings. The van der Waals surface area contributed by atoms with Crippen LogP contribution in [0.1, 0.15) is 29.6 Å². The molecule has 1 heterocycles. The largest absolute Gasteiger partial charge is 0.463 e. The van der Waals surface area contributed by atoms with E-state index in [1.807, 2.05) is 0 Å². The molecule has 1 aromatic heterocycles. The highest BCUT2D eigenvalue weighted by Gasteiger charge is 2.31. The zero-order chi connectivity index (χ0) is 19.5. The van der Waals surface area contributed by atoms with E-state index >= 15 is 0 Å². The SMILES string of the molecule is CCOC(=O)/C=C/c1c(Cl)nc(C)n1Cc1ccc(C(F)(F)F)cc1Cl. The average molecular weight is 407 g/mol. The molecule has 9 heteroatoms. The number of aryl methyl sites for hydroxylation is 1. The Balaban J connectivity index is 2.34. The summed E-state index contributed by atoms with van der Waals surface area (Å²) in [6.07, 6.45) is -1.82. The van der Waals surface area contributed by atoms with E-state index in [9.17, 15) is 18.0 Å². The first-order valence-electron chi connectivity index (χ1n) is 7.56. The third-order valence-corrected chi connectivity index (χ3v) is 4.16. The standard InChI is InChI=1S/C17H15Cl2F3N2O2/c1-3-26-15(25)7-6-14-16(19)23-10(2)24(14)9-11-4-5-12(8-13(11)18)17(20,21)22/h4-8H,3,9H2,1-2H3/b7-6+. The molecule has 0 N–H and O–H groups in total. The zero-order valence-electron chi connectivity index (χ0n) is 13.9. The van der Waals surface area contributed by atoms with Crippen LogP contribution in [0.2, 0.25) is 10.2 Å². The van der Waals surface area contributed by atoms with Crippen molar-refractivity contribution >= 4 is 35.2 Å². The fourth-order valence-electron chi connectivity index (χ4n) is 2.26. The van der Waals surface area contributed by atoms with E-state index in [2.05, 4.69) is 4.98 Å². The highest BCUT2D eigenvalue weighted by atomic mass is 35.5. The Morgan fingerprint density at radius 1 is 1.35 bits per heavy atom. The number of carbonyl (C=O) groups excluding carboxylic acids is 1.